The topological polar surface area (TPSA) is 99.3 Å². The Morgan fingerprint density at radius 1 is 1.40 bits per heavy atom. The Labute approximate surface area is 146 Å². The number of methoxy groups -OCH3 is 1. The van der Waals surface area contributed by atoms with Crippen molar-refractivity contribution >= 4 is 11.8 Å². The lowest BCUT2D eigenvalue weighted by Gasteiger charge is -2.18. The number of rotatable bonds is 8. The van der Waals surface area contributed by atoms with Gasteiger partial charge < -0.3 is 14.1 Å². The van der Waals surface area contributed by atoms with Gasteiger partial charge in [-0.25, -0.2) is 4.79 Å². The molecular formula is C18H21N3O4. The first-order valence-electron chi connectivity index (χ1n) is 7.90. The highest BCUT2D eigenvalue weighted by Crippen LogP contribution is 2.20. The minimum atomic E-state index is -0.470. The van der Waals surface area contributed by atoms with Crippen LogP contribution in [0.4, 0.5) is 0 Å². The molecule has 0 spiro atoms. The summed E-state index contributed by atoms with van der Waals surface area (Å²) in [5.74, 6) is 0.0999. The van der Waals surface area contributed by atoms with Gasteiger partial charge in [-0.05, 0) is 31.5 Å². The van der Waals surface area contributed by atoms with Crippen LogP contribution in [-0.2, 0) is 11.3 Å². The zero-order chi connectivity index (χ0) is 18.4. The van der Waals surface area contributed by atoms with Crippen LogP contribution in [0.1, 0.15) is 44.3 Å². The number of hydrogen-bond acceptors (Lipinski definition) is 6. The molecule has 0 aliphatic heterocycles. The maximum absolute atomic E-state index is 12.7. The molecule has 0 saturated carbocycles. The number of aryl methyl sites for hydroxylation is 1. The van der Waals surface area contributed by atoms with Gasteiger partial charge in [-0.2, -0.15) is 5.26 Å². The van der Waals surface area contributed by atoms with Crippen molar-refractivity contribution in [1.29, 1.82) is 5.26 Å². The Hall–Kier alpha value is -2.85. The number of nitriles is 1. The molecule has 0 radical (unpaired) electrons. The smallest absolute Gasteiger partial charge is 0.339 e. The van der Waals surface area contributed by atoms with Crippen molar-refractivity contribution in [3.8, 4) is 6.07 Å². The molecule has 0 unspecified atom stereocenters. The summed E-state index contributed by atoms with van der Waals surface area (Å²) < 4.78 is 10.1. The van der Waals surface area contributed by atoms with Gasteiger partial charge in [0.25, 0.3) is 0 Å². The molecule has 0 aliphatic rings. The second-order valence-corrected chi connectivity index (χ2v) is 5.74. The first kappa shape index (κ1) is 18.5. The Balaban J connectivity index is 2.17. The SMILES string of the molecule is COC(=O)c1c(C)[nH]c(C(=O)CN(CCC#N)Cc2ccco2)c1C. The van der Waals surface area contributed by atoms with Gasteiger partial charge in [0.2, 0.25) is 0 Å². The molecule has 0 aliphatic carbocycles. The average molecular weight is 343 g/mol. The number of esters is 1. The number of aromatic amines is 1. The maximum atomic E-state index is 12.7. The summed E-state index contributed by atoms with van der Waals surface area (Å²) in [5, 5.41) is 8.82. The summed E-state index contributed by atoms with van der Waals surface area (Å²) in [6.07, 6.45) is 1.88. The predicted molar refractivity (Wildman–Crippen MR) is 90.2 cm³/mol. The van der Waals surface area contributed by atoms with Gasteiger partial charge in [0.1, 0.15) is 5.76 Å². The Morgan fingerprint density at radius 2 is 2.16 bits per heavy atom. The Morgan fingerprint density at radius 3 is 2.76 bits per heavy atom. The molecule has 0 bridgehead atoms. The van der Waals surface area contributed by atoms with Crippen LogP contribution in [0, 0.1) is 25.2 Å². The highest BCUT2D eigenvalue weighted by molar-refractivity contribution is 6.02. The molecule has 2 aromatic rings. The van der Waals surface area contributed by atoms with Gasteiger partial charge in [-0.3, -0.25) is 9.69 Å². The molecule has 132 valence electrons. The molecule has 2 rings (SSSR count). The molecule has 0 atom stereocenters. The maximum Gasteiger partial charge on any atom is 0.339 e. The molecule has 0 amide bonds. The van der Waals surface area contributed by atoms with E-state index in [2.05, 4.69) is 11.1 Å². The molecule has 7 nitrogen and oxygen atoms in total. The summed E-state index contributed by atoms with van der Waals surface area (Å²) in [6, 6.07) is 5.69. The fraction of sp³-hybridized carbons (Fsp3) is 0.389. The lowest BCUT2D eigenvalue weighted by molar-refractivity contribution is 0.0599. The Kier molecular flexibility index (Phi) is 6.14. The molecule has 1 N–H and O–H groups in total. The summed E-state index contributed by atoms with van der Waals surface area (Å²) >= 11 is 0. The van der Waals surface area contributed by atoms with E-state index in [9.17, 15) is 9.59 Å². The van der Waals surface area contributed by atoms with Crippen LogP contribution in [0.15, 0.2) is 22.8 Å². The van der Waals surface area contributed by atoms with Gasteiger partial charge in [0.15, 0.2) is 5.78 Å². The first-order chi connectivity index (χ1) is 12.0. The van der Waals surface area contributed by atoms with Crippen LogP contribution >= 0.6 is 0 Å². The van der Waals surface area contributed by atoms with E-state index in [1.807, 2.05) is 11.0 Å². The monoisotopic (exact) mass is 343 g/mol. The van der Waals surface area contributed by atoms with E-state index in [0.29, 0.717) is 42.0 Å². The van der Waals surface area contributed by atoms with Crippen molar-refractivity contribution < 1.29 is 18.7 Å². The van der Waals surface area contributed by atoms with Gasteiger partial charge in [-0.15, -0.1) is 0 Å². The van der Waals surface area contributed by atoms with Crippen molar-refractivity contribution in [2.45, 2.75) is 26.8 Å². The third kappa shape index (κ3) is 4.37. The van der Waals surface area contributed by atoms with E-state index in [4.69, 9.17) is 14.4 Å². The van der Waals surface area contributed by atoms with Crippen molar-refractivity contribution in [3.05, 3.63) is 46.7 Å². The number of H-pyrrole nitrogens is 1. The van der Waals surface area contributed by atoms with Crippen LogP contribution in [0.25, 0.3) is 0 Å². The molecule has 2 heterocycles. The van der Waals surface area contributed by atoms with E-state index in [1.54, 1.807) is 26.2 Å². The molecule has 0 aromatic carbocycles. The normalized spacial score (nSPS) is 10.7. The number of Topliss-reactive ketones (excluding diaryl/α,β-unsaturated/α-hetero) is 1. The van der Waals surface area contributed by atoms with Gasteiger partial charge >= 0.3 is 5.97 Å². The second-order valence-electron chi connectivity index (χ2n) is 5.74. The van der Waals surface area contributed by atoms with Crippen LogP contribution in [0.5, 0.6) is 0 Å². The lowest BCUT2D eigenvalue weighted by Crippen LogP contribution is -2.30. The van der Waals surface area contributed by atoms with Crippen molar-refractivity contribution in [1.82, 2.24) is 9.88 Å². The standard InChI is InChI=1S/C18H21N3O4/c1-12-16(18(23)24-3)13(2)20-17(12)15(22)11-21(8-5-7-19)10-14-6-4-9-25-14/h4,6,9,20H,5,8,10-11H2,1-3H3. The van der Waals surface area contributed by atoms with Crippen LogP contribution in [-0.4, -0.2) is 41.8 Å². The van der Waals surface area contributed by atoms with Crippen LogP contribution < -0.4 is 0 Å². The molecule has 2 aromatic heterocycles. The quantitative estimate of drug-likeness (QED) is 0.584. The van der Waals surface area contributed by atoms with Crippen molar-refractivity contribution in [3.63, 3.8) is 0 Å². The highest BCUT2D eigenvalue weighted by Gasteiger charge is 2.23. The predicted octanol–water partition coefficient (Wildman–Crippen LogP) is 2.61. The first-order valence-corrected chi connectivity index (χ1v) is 7.90. The summed E-state index contributed by atoms with van der Waals surface area (Å²) in [5.41, 5.74) is 1.95. The third-order valence-corrected chi connectivity index (χ3v) is 3.97. The number of aromatic nitrogens is 1. The molecular weight excluding hydrogens is 322 g/mol. The Bertz CT molecular complexity index is 784. The third-order valence-electron chi connectivity index (χ3n) is 3.97. The van der Waals surface area contributed by atoms with E-state index >= 15 is 0 Å². The fourth-order valence-corrected chi connectivity index (χ4v) is 2.76. The fourth-order valence-electron chi connectivity index (χ4n) is 2.76. The van der Waals surface area contributed by atoms with Crippen molar-refractivity contribution in [2.24, 2.45) is 0 Å². The number of nitrogens with one attached hydrogen (secondary N) is 1. The van der Waals surface area contributed by atoms with Crippen LogP contribution in [0.3, 0.4) is 0 Å². The molecule has 7 heteroatoms. The zero-order valence-electron chi connectivity index (χ0n) is 14.6. The summed E-state index contributed by atoms with van der Waals surface area (Å²) in [6.45, 7) is 4.44. The minimum Gasteiger partial charge on any atom is -0.468 e. The van der Waals surface area contributed by atoms with E-state index < -0.39 is 5.97 Å². The van der Waals surface area contributed by atoms with E-state index in [0.717, 1.165) is 5.76 Å². The van der Waals surface area contributed by atoms with Gasteiger partial charge in [-0.1, -0.05) is 0 Å². The average Bonchev–Trinajstić information content (AvgIpc) is 3.19. The number of furan rings is 1. The second kappa shape index (κ2) is 8.31. The molecule has 0 saturated heterocycles. The summed E-state index contributed by atoms with van der Waals surface area (Å²) in [7, 11) is 1.31. The summed E-state index contributed by atoms with van der Waals surface area (Å²) in [4.78, 5) is 29.4. The van der Waals surface area contributed by atoms with E-state index in [1.165, 1.54) is 7.11 Å². The van der Waals surface area contributed by atoms with Gasteiger partial charge in [0, 0.05) is 18.7 Å². The van der Waals surface area contributed by atoms with E-state index in [-0.39, 0.29) is 12.3 Å². The molecule has 25 heavy (non-hydrogen) atoms. The number of carbonyl (C=O) groups is 2. The molecule has 0 fully saturated rings. The number of nitrogens with zero attached hydrogens (tertiary/aromatic N) is 2. The number of hydrogen-bond donors (Lipinski definition) is 1. The number of ketones is 1. The van der Waals surface area contributed by atoms with Crippen LogP contribution in [0.2, 0.25) is 0 Å². The van der Waals surface area contributed by atoms with Gasteiger partial charge in [0.05, 0.1) is 43.8 Å². The zero-order valence-corrected chi connectivity index (χ0v) is 14.6. The number of ether oxygens (including phenoxy) is 1. The number of carbonyl (C=O) groups excluding carboxylic acids is 2. The lowest BCUT2D eigenvalue weighted by atomic mass is 10.1. The largest absolute Gasteiger partial charge is 0.468 e. The minimum absolute atomic E-state index is 0.115. The highest BCUT2D eigenvalue weighted by atomic mass is 16.5. The van der Waals surface area contributed by atoms with Crippen molar-refractivity contribution in [2.75, 3.05) is 20.2 Å².